The van der Waals surface area contributed by atoms with Crippen molar-refractivity contribution in [2.24, 2.45) is 22.4 Å². The number of carboxylic acid groups (broad SMARTS) is 1. The van der Waals surface area contributed by atoms with Crippen molar-refractivity contribution in [3.63, 3.8) is 0 Å². The van der Waals surface area contributed by atoms with Crippen LogP contribution in [0.3, 0.4) is 0 Å². The molecule has 0 unspecified atom stereocenters. The van der Waals surface area contributed by atoms with Gasteiger partial charge < -0.3 is 31.9 Å². The summed E-state index contributed by atoms with van der Waals surface area (Å²) in [5, 5.41) is 12.7. The molecule has 3 atom stereocenters. The zero-order valence-corrected chi connectivity index (χ0v) is 13.7. The highest BCUT2D eigenvalue weighted by atomic mass is 16.6. The number of hydrogen-bond acceptors (Lipinski definition) is 5. The van der Waals surface area contributed by atoms with E-state index < -0.39 is 67.7 Å². The average Bonchev–Trinajstić information content (AvgIpc) is 3.39. The second-order valence-electron chi connectivity index (χ2n) is 5.52. The van der Waals surface area contributed by atoms with Crippen LogP contribution in [0.5, 0.6) is 0 Å². The Kier molecular flexibility index (Phi) is 4.44. The van der Waals surface area contributed by atoms with Crippen LogP contribution in [0.15, 0.2) is 4.99 Å². The number of carboxylic acids is 1. The van der Waals surface area contributed by atoms with Crippen LogP contribution in [0.25, 0.3) is 0 Å². The molecule has 0 radical (unpaired) electrons. The van der Waals surface area contributed by atoms with Crippen molar-refractivity contribution in [1.82, 2.24) is 10.6 Å². The molecule has 1 saturated heterocycles. The van der Waals surface area contributed by atoms with E-state index in [9.17, 15) is 14.4 Å². The predicted molar refractivity (Wildman–Crippen MR) is 90.6 cm³/mol. The first-order chi connectivity index (χ1) is 14.7. The summed E-state index contributed by atoms with van der Waals surface area (Å²) in [6.45, 7) is -3.61. The number of aliphatic imine (C=N–C) groups is 1. The molecule has 7 N–H and O–H groups in total. The van der Waals surface area contributed by atoms with Gasteiger partial charge in [0.2, 0.25) is 5.91 Å². The predicted octanol–water partition coefficient (Wildman–Crippen LogP) is -1.46. The summed E-state index contributed by atoms with van der Waals surface area (Å²) in [6, 6.07) is -1.46. The molecule has 1 aliphatic heterocycles. The maximum atomic E-state index is 12.7. The molecule has 2 amide bonds. The Morgan fingerprint density at radius 2 is 1.96 bits per heavy atom. The zero-order chi connectivity index (χ0) is 26.2. The number of nitrogens with one attached hydrogen (secondary N) is 2. The molecule has 10 nitrogen and oxygen atoms in total. The van der Waals surface area contributed by atoms with E-state index in [4.69, 9.17) is 32.3 Å². The molecule has 0 saturated carbocycles. The van der Waals surface area contributed by atoms with Gasteiger partial charge in [0.15, 0.2) is 18.2 Å². The minimum atomic E-state index is -3.72. The third-order valence-electron chi connectivity index (χ3n) is 2.89. The van der Waals surface area contributed by atoms with Gasteiger partial charge in [0.05, 0.1) is 2.74 Å². The number of rotatable bonds is 11. The van der Waals surface area contributed by atoms with Gasteiger partial charge in [-0.15, -0.1) is 0 Å². The molecule has 1 heterocycles. The first-order valence-corrected chi connectivity index (χ1v) is 7.29. The largest absolute Gasteiger partial charge is 0.479 e. The summed E-state index contributed by atoms with van der Waals surface area (Å²) in [6.07, 6.45) is -10.2. The highest BCUT2D eigenvalue weighted by molar-refractivity contribution is 5.95. The number of ether oxygens (including phenoxy) is 1. The molecule has 0 aromatic carbocycles. The van der Waals surface area contributed by atoms with Crippen LogP contribution in [0.2, 0.25) is 0 Å². The van der Waals surface area contributed by atoms with Crippen molar-refractivity contribution in [3.8, 4) is 0 Å². The van der Waals surface area contributed by atoms with E-state index in [2.05, 4.69) is 10.3 Å². The van der Waals surface area contributed by atoms with Crippen LogP contribution in [0.1, 0.15) is 44.0 Å². The summed E-state index contributed by atoms with van der Waals surface area (Å²) < 4.78 is 67.5. The Bertz CT molecular complexity index is 819. The fraction of sp³-hybridized carbons (Fsp3) is 0.733. The van der Waals surface area contributed by atoms with E-state index in [1.165, 1.54) is 0 Å². The number of carbonyl (C=O) groups is 3. The van der Waals surface area contributed by atoms with Gasteiger partial charge in [-0.1, -0.05) is 13.8 Å². The van der Waals surface area contributed by atoms with Gasteiger partial charge in [-0.25, -0.2) is 4.79 Å². The average molecular weight is 365 g/mol. The fourth-order valence-electron chi connectivity index (χ4n) is 1.79. The Morgan fingerprint density at radius 1 is 1.28 bits per heavy atom. The summed E-state index contributed by atoms with van der Waals surface area (Å²) in [7, 11) is 0. The lowest BCUT2D eigenvalue weighted by Gasteiger charge is -2.19. The SMILES string of the molecule is [2H]C([2H])(N=C(N)N)C([2H])([2H])C([2H])([2H])C([2H])([2H])NC(=O)[C@H](CC(C)C)NC(=O)[C@@H]1O[C@H]1C(=O)O. The number of nitrogens with zero attached hydrogens (tertiary/aromatic N) is 1. The fourth-order valence-corrected chi connectivity index (χ4v) is 1.79. The summed E-state index contributed by atoms with van der Waals surface area (Å²) in [5.41, 5.74) is 10.1. The van der Waals surface area contributed by atoms with E-state index in [0.717, 1.165) is 0 Å². The summed E-state index contributed by atoms with van der Waals surface area (Å²) in [4.78, 5) is 38.7. The van der Waals surface area contributed by atoms with E-state index in [1.54, 1.807) is 19.2 Å². The lowest BCUT2D eigenvalue weighted by atomic mass is 10.0. The van der Waals surface area contributed by atoms with Crippen molar-refractivity contribution in [2.45, 2.75) is 51.3 Å². The van der Waals surface area contributed by atoms with E-state index in [0.29, 0.717) is 0 Å². The quantitative estimate of drug-likeness (QED) is 0.169. The number of aliphatic carboxylic acids is 1. The summed E-state index contributed by atoms with van der Waals surface area (Å²) >= 11 is 0. The van der Waals surface area contributed by atoms with Gasteiger partial charge in [-0.05, 0) is 25.1 Å². The maximum Gasteiger partial charge on any atom is 0.336 e. The van der Waals surface area contributed by atoms with Gasteiger partial charge in [-0.3, -0.25) is 14.6 Å². The van der Waals surface area contributed by atoms with Crippen molar-refractivity contribution >= 4 is 23.7 Å². The molecular formula is C15H27N5O5. The highest BCUT2D eigenvalue weighted by Gasteiger charge is 2.51. The van der Waals surface area contributed by atoms with Gasteiger partial charge in [0, 0.05) is 21.2 Å². The molecule has 10 heteroatoms. The smallest absolute Gasteiger partial charge is 0.336 e. The third-order valence-corrected chi connectivity index (χ3v) is 2.89. The molecule has 142 valence electrons. The Hall–Kier alpha value is -2.36. The third kappa shape index (κ3) is 7.84. The minimum absolute atomic E-state index is 0.0666. The van der Waals surface area contributed by atoms with E-state index in [1.807, 2.05) is 0 Å². The number of nitrogens with two attached hydrogens (primary N) is 2. The van der Waals surface area contributed by atoms with Crippen LogP contribution in [0, 0.1) is 5.92 Å². The van der Waals surface area contributed by atoms with Crippen LogP contribution < -0.4 is 22.1 Å². The molecule has 0 aliphatic carbocycles. The van der Waals surface area contributed by atoms with Crippen molar-refractivity contribution in [2.75, 3.05) is 13.0 Å². The zero-order valence-electron chi connectivity index (χ0n) is 21.7. The van der Waals surface area contributed by atoms with Crippen molar-refractivity contribution in [3.05, 3.63) is 0 Å². The number of guanidine groups is 1. The first kappa shape index (κ1) is 11.3. The van der Waals surface area contributed by atoms with Gasteiger partial charge >= 0.3 is 5.97 Å². The van der Waals surface area contributed by atoms with Gasteiger partial charge in [0.25, 0.3) is 5.91 Å². The normalized spacial score (nSPS) is 26.8. The maximum absolute atomic E-state index is 12.7. The number of epoxide rings is 1. The molecule has 0 spiro atoms. The van der Waals surface area contributed by atoms with Gasteiger partial charge in [0.1, 0.15) is 6.04 Å². The molecule has 0 aromatic heterocycles. The van der Waals surface area contributed by atoms with E-state index in [-0.39, 0.29) is 12.3 Å². The topological polar surface area (TPSA) is 172 Å². The Morgan fingerprint density at radius 3 is 2.48 bits per heavy atom. The molecular weight excluding hydrogens is 330 g/mol. The van der Waals surface area contributed by atoms with Gasteiger partial charge in [-0.2, -0.15) is 0 Å². The molecule has 1 fully saturated rings. The lowest BCUT2D eigenvalue weighted by molar-refractivity contribution is -0.138. The van der Waals surface area contributed by atoms with Crippen LogP contribution in [0.4, 0.5) is 0 Å². The van der Waals surface area contributed by atoms with Crippen molar-refractivity contribution in [1.29, 1.82) is 0 Å². The highest BCUT2D eigenvalue weighted by Crippen LogP contribution is 2.22. The lowest BCUT2D eigenvalue weighted by Crippen LogP contribution is -2.49. The second-order valence-corrected chi connectivity index (χ2v) is 5.52. The molecule has 25 heavy (non-hydrogen) atoms. The number of hydrogen-bond donors (Lipinski definition) is 5. The molecule has 1 aliphatic rings. The summed E-state index contributed by atoms with van der Waals surface area (Å²) in [5.74, 6) is -4.74. The van der Waals surface area contributed by atoms with E-state index >= 15 is 0 Å². The Labute approximate surface area is 157 Å². The minimum Gasteiger partial charge on any atom is -0.479 e. The first-order valence-electron chi connectivity index (χ1n) is 11.3. The second kappa shape index (κ2) is 9.82. The monoisotopic (exact) mass is 365 g/mol. The Balaban J connectivity index is 3.12. The van der Waals surface area contributed by atoms with Crippen LogP contribution in [-0.2, 0) is 19.1 Å². The van der Waals surface area contributed by atoms with Crippen molar-refractivity contribution < 1.29 is 35.2 Å². The van der Waals surface area contributed by atoms with Crippen LogP contribution >= 0.6 is 0 Å². The number of amides is 2. The number of carbonyl (C=O) groups excluding carboxylic acids is 2. The molecule has 1 rings (SSSR count). The molecule has 0 bridgehead atoms. The molecule has 0 aromatic rings. The van der Waals surface area contributed by atoms with Crippen LogP contribution in [-0.4, -0.2) is 60.1 Å². The standard InChI is InChI=1S/C15H27N5O5/c1-8(2)7-9(20-13(22)10-11(25-10)14(23)24)12(21)18-5-3-4-6-19-15(16)17/h8-11H,3-7H2,1-2H3,(H,18,21)(H,20,22)(H,23,24)(H4,16,17,19)/t9-,10+,11+/m0/s1/i3D2,4D2,5D2,6D2.